The number of carbonyl (C=O) groups excluding carboxylic acids is 1. The lowest BCUT2D eigenvalue weighted by molar-refractivity contribution is 0.0728. The summed E-state index contributed by atoms with van der Waals surface area (Å²) in [6, 6.07) is 10.1. The molecule has 1 heterocycles. The van der Waals surface area contributed by atoms with Gasteiger partial charge in [0.05, 0.1) is 22.8 Å². The Kier molecular flexibility index (Phi) is 6.48. The summed E-state index contributed by atoms with van der Waals surface area (Å²) in [5.74, 6) is -0.169. The Morgan fingerprint density at radius 1 is 1.38 bits per heavy atom. The first-order valence-electron chi connectivity index (χ1n) is 7.90. The van der Waals surface area contributed by atoms with E-state index < -0.39 is 5.54 Å². The lowest BCUT2D eigenvalue weighted by atomic mass is 9.99. The van der Waals surface area contributed by atoms with Gasteiger partial charge in [0.15, 0.2) is 0 Å². The topological polar surface area (TPSA) is 71.5 Å². The van der Waals surface area contributed by atoms with Gasteiger partial charge in [0.25, 0.3) is 5.91 Å². The fourth-order valence-corrected chi connectivity index (χ4v) is 3.57. The number of hydrogen-bond donors (Lipinski definition) is 2. The van der Waals surface area contributed by atoms with E-state index >= 15 is 0 Å². The van der Waals surface area contributed by atoms with E-state index in [2.05, 4.69) is 10.3 Å². The summed E-state index contributed by atoms with van der Waals surface area (Å²) in [5.41, 5.74) is 1.30. The van der Waals surface area contributed by atoms with Crippen LogP contribution in [0.3, 0.4) is 0 Å². The van der Waals surface area contributed by atoms with Gasteiger partial charge in [-0.1, -0.05) is 30.3 Å². The number of nitrogens with zero attached hydrogens (tertiary/aromatic N) is 1. The summed E-state index contributed by atoms with van der Waals surface area (Å²) >= 11 is 1.41. The number of aryl methyl sites for hydroxylation is 1. The zero-order valence-electron chi connectivity index (χ0n) is 14.3. The van der Waals surface area contributed by atoms with Gasteiger partial charge >= 0.3 is 0 Å². The van der Waals surface area contributed by atoms with Gasteiger partial charge in [0, 0.05) is 20.1 Å². The van der Waals surface area contributed by atoms with Gasteiger partial charge in [-0.15, -0.1) is 11.3 Å². The van der Waals surface area contributed by atoms with Crippen LogP contribution in [-0.4, -0.2) is 41.9 Å². The van der Waals surface area contributed by atoms with Gasteiger partial charge < -0.3 is 15.2 Å². The van der Waals surface area contributed by atoms with E-state index in [9.17, 15) is 9.90 Å². The second-order valence-corrected chi connectivity index (χ2v) is 7.19. The van der Waals surface area contributed by atoms with E-state index in [1.165, 1.54) is 16.9 Å². The summed E-state index contributed by atoms with van der Waals surface area (Å²) in [6.45, 7) is 4.04. The monoisotopic (exact) mass is 348 g/mol. The molecular formula is C18H24N2O3S. The normalized spacial score (nSPS) is 13.5. The Morgan fingerprint density at radius 3 is 2.71 bits per heavy atom. The van der Waals surface area contributed by atoms with Gasteiger partial charge in [-0.25, -0.2) is 4.98 Å². The first kappa shape index (κ1) is 18.6. The Balaban J connectivity index is 2.12. The van der Waals surface area contributed by atoms with Crippen molar-refractivity contribution in [1.82, 2.24) is 10.3 Å². The van der Waals surface area contributed by atoms with E-state index in [1.54, 1.807) is 7.11 Å². The van der Waals surface area contributed by atoms with Crippen LogP contribution in [0.1, 0.15) is 39.3 Å². The maximum Gasteiger partial charge on any atom is 0.263 e. The van der Waals surface area contributed by atoms with Crippen molar-refractivity contribution in [2.45, 2.75) is 32.2 Å². The van der Waals surface area contributed by atoms with Gasteiger partial charge in [0.1, 0.15) is 4.88 Å². The van der Waals surface area contributed by atoms with E-state index in [0.717, 1.165) is 10.7 Å². The summed E-state index contributed by atoms with van der Waals surface area (Å²) in [6.07, 6.45) is 1.15. The van der Waals surface area contributed by atoms with Crippen LogP contribution in [-0.2, 0) is 11.2 Å². The molecule has 130 valence electrons. The summed E-state index contributed by atoms with van der Waals surface area (Å²) < 4.78 is 5.17. The molecule has 0 aliphatic rings. The molecule has 0 aliphatic carbocycles. The zero-order chi connectivity index (χ0) is 17.6. The fourth-order valence-electron chi connectivity index (χ4n) is 2.58. The number of hydrogen-bond acceptors (Lipinski definition) is 5. The van der Waals surface area contributed by atoms with Crippen molar-refractivity contribution in [3.8, 4) is 0 Å². The molecule has 0 bridgehead atoms. The van der Waals surface area contributed by atoms with E-state index in [4.69, 9.17) is 4.74 Å². The Bertz CT molecular complexity index is 664. The molecule has 1 amide bonds. The Labute approximate surface area is 146 Å². The lowest BCUT2D eigenvalue weighted by Gasteiger charge is -2.29. The molecule has 0 saturated carbocycles. The van der Waals surface area contributed by atoms with Crippen LogP contribution >= 0.6 is 11.3 Å². The first-order chi connectivity index (χ1) is 11.5. The number of benzene rings is 1. The highest BCUT2D eigenvalue weighted by Gasteiger charge is 2.28. The molecule has 1 aromatic heterocycles. The van der Waals surface area contributed by atoms with Crippen LogP contribution in [0, 0.1) is 6.92 Å². The second kappa shape index (κ2) is 8.37. The van der Waals surface area contributed by atoms with Gasteiger partial charge in [-0.3, -0.25) is 4.79 Å². The summed E-state index contributed by atoms with van der Waals surface area (Å²) in [4.78, 5) is 17.8. The summed E-state index contributed by atoms with van der Waals surface area (Å²) in [7, 11) is 1.58. The van der Waals surface area contributed by atoms with E-state index in [-0.39, 0.29) is 12.5 Å². The third-order valence-electron chi connectivity index (χ3n) is 3.79. The molecule has 0 aliphatic heterocycles. The van der Waals surface area contributed by atoms with Gasteiger partial charge in [0.2, 0.25) is 0 Å². The minimum atomic E-state index is -0.601. The average Bonchev–Trinajstić information content (AvgIpc) is 2.89. The average molecular weight is 348 g/mol. The van der Waals surface area contributed by atoms with Crippen LogP contribution in [0.2, 0.25) is 0 Å². The van der Waals surface area contributed by atoms with Gasteiger partial charge in [-0.2, -0.15) is 0 Å². The predicted octanol–water partition coefficient (Wildman–Crippen LogP) is 2.56. The van der Waals surface area contributed by atoms with Crippen LogP contribution in [0.5, 0.6) is 0 Å². The Morgan fingerprint density at radius 2 is 2.08 bits per heavy atom. The standard InChI is InChI=1S/C18H24N2O3S/c1-13-16(17(22)20-18(2,9-10-21)12-23-3)24-15(19-13)11-14-7-5-4-6-8-14/h4-8,21H,9-12H2,1-3H3,(H,20,22). The Hall–Kier alpha value is -1.76. The first-order valence-corrected chi connectivity index (χ1v) is 8.71. The number of methoxy groups -OCH3 is 1. The van der Waals surface area contributed by atoms with Crippen LogP contribution < -0.4 is 5.32 Å². The smallest absolute Gasteiger partial charge is 0.263 e. The maximum absolute atomic E-state index is 12.6. The molecule has 1 unspecified atom stereocenters. The zero-order valence-corrected chi connectivity index (χ0v) is 15.2. The highest BCUT2D eigenvalue weighted by atomic mass is 32.1. The highest BCUT2D eigenvalue weighted by Crippen LogP contribution is 2.22. The number of thiazole rings is 1. The molecule has 1 aromatic carbocycles. The molecule has 2 N–H and O–H groups in total. The number of rotatable bonds is 8. The number of carbonyl (C=O) groups is 1. The summed E-state index contributed by atoms with van der Waals surface area (Å²) in [5, 5.41) is 13.1. The SMILES string of the molecule is COCC(C)(CCO)NC(=O)c1sc(Cc2ccccc2)nc1C. The lowest BCUT2D eigenvalue weighted by Crippen LogP contribution is -2.50. The van der Waals surface area contributed by atoms with Crippen molar-refractivity contribution < 1.29 is 14.6 Å². The minimum absolute atomic E-state index is 0.0128. The quantitative estimate of drug-likeness (QED) is 0.769. The molecule has 2 rings (SSSR count). The van der Waals surface area contributed by atoms with Crippen LogP contribution in [0.4, 0.5) is 0 Å². The number of aliphatic hydroxyl groups excluding tert-OH is 1. The molecule has 0 radical (unpaired) electrons. The fraction of sp³-hybridized carbons (Fsp3) is 0.444. The largest absolute Gasteiger partial charge is 0.396 e. The molecule has 0 saturated heterocycles. The molecule has 24 heavy (non-hydrogen) atoms. The van der Waals surface area contributed by atoms with E-state index in [0.29, 0.717) is 24.3 Å². The van der Waals surface area contributed by atoms with E-state index in [1.807, 2.05) is 44.2 Å². The van der Waals surface area contributed by atoms with Crippen molar-refractivity contribution >= 4 is 17.2 Å². The van der Waals surface area contributed by atoms with Crippen molar-refractivity contribution in [2.24, 2.45) is 0 Å². The molecule has 6 heteroatoms. The second-order valence-electron chi connectivity index (χ2n) is 6.11. The van der Waals surface area contributed by atoms with Crippen LogP contribution in [0.15, 0.2) is 30.3 Å². The third-order valence-corrected chi connectivity index (χ3v) is 4.94. The predicted molar refractivity (Wildman–Crippen MR) is 95.5 cm³/mol. The van der Waals surface area contributed by atoms with Crippen LogP contribution in [0.25, 0.3) is 0 Å². The molecule has 0 spiro atoms. The number of amides is 1. The van der Waals surface area contributed by atoms with Gasteiger partial charge in [-0.05, 0) is 25.8 Å². The molecule has 2 aromatic rings. The molecule has 5 nitrogen and oxygen atoms in total. The number of aromatic nitrogens is 1. The van der Waals surface area contributed by atoms with Crippen molar-refractivity contribution in [2.75, 3.05) is 20.3 Å². The minimum Gasteiger partial charge on any atom is -0.396 e. The van der Waals surface area contributed by atoms with Crippen molar-refractivity contribution in [3.63, 3.8) is 0 Å². The molecule has 0 fully saturated rings. The molecule has 1 atom stereocenters. The third kappa shape index (κ3) is 4.87. The number of aliphatic hydroxyl groups is 1. The highest BCUT2D eigenvalue weighted by molar-refractivity contribution is 7.13. The van der Waals surface area contributed by atoms with Crippen molar-refractivity contribution in [3.05, 3.63) is 51.5 Å². The molecular weight excluding hydrogens is 324 g/mol. The number of ether oxygens (including phenoxy) is 1. The maximum atomic E-state index is 12.6. The number of nitrogens with one attached hydrogen (secondary N) is 1. The van der Waals surface area contributed by atoms with Crippen molar-refractivity contribution in [1.29, 1.82) is 0 Å².